The van der Waals surface area contributed by atoms with Crippen LogP contribution < -0.4 is 10.2 Å². The van der Waals surface area contributed by atoms with Crippen molar-refractivity contribution in [2.75, 3.05) is 0 Å². The zero-order chi connectivity index (χ0) is 17.9. The number of carboxylic acid groups (broad SMARTS) is 2. The molecule has 0 unspecified atom stereocenters. The molecule has 3 aromatic rings. The average molecular weight is 425 g/mol. The van der Waals surface area contributed by atoms with E-state index in [2.05, 4.69) is 47.4 Å². The summed E-state index contributed by atoms with van der Waals surface area (Å²) in [6.07, 6.45) is 5.05. The zero-order valence-corrected chi connectivity index (χ0v) is 17.5. The Morgan fingerprint density at radius 2 is 1.11 bits per heavy atom. The summed E-state index contributed by atoms with van der Waals surface area (Å²) in [5, 5.41) is 20.6. The average Bonchev–Trinajstić information content (AvgIpc) is 2.62. The molecule has 27 heavy (non-hydrogen) atoms. The number of hydrogen-bond donors (Lipinski definition) is 0. The molecule has 2 heterocycles. The molecule has 0 saturated carbocycles. The van der Waals surface area contributed by atoms with Gasteiger partial charge >= 0.3 is 19.5 Å². The predicted octanol–water partition coefficient (Wildman–Crippen LogP) is -1.12. The molecule has 9 heteroatoms. The molecule has 0 aliphatic carbocycles. The van der Waals surface area contributed by atoms with Crippen LogP contribution in [0.25, 0.3) is 21.8 Å². The molecule has 0 saturated heterocycles. The number of carbonyl (C=O) groups excluding carboxylic acids is 2. The molecule has 8 nitrogen and oxygen atoms in total. The van der Waals surface area contributed by atoms with Gasteiger partial charge in [-0.3, -0.25) is 9.97 Å². The summed E-state index contributed by atoms with van der Waals surface area (Å²) >= 11 is 0. The number of carboxylic acids is 2. The maximum atomic E-state index is 9.14. The first kappa shape index (κ1) is 28.8. The van der Waals surface area contributed by atoms with Crippen molar-refractivity contribution < 1.29 is 50.2 Å². The number of nitrogens with zero attached hydrogens (tertiary/aromatic N) is 2. The van der Waals surface area contributed by atoms with Crippen LogP contribution in [-0.2, 0) is 34.5 Å². The van der Waals surface area contributed by atoms with Gasteiger partial charge in [0.2, 0.25) is 0 Å². The molecular weight excluding hydrogens is 406 g/mol. The molecule has 0 radical (unpaired) electrons. The first-order valence-electron chi connectivity index (χ1n) is 6.75. The molecule has 3 rings (SSSR count). The van der Waals surface area contributed by atoms with Crippen molar-refractivity contribution in [3.8, 4) is 0 Å². The third kappa shape index (κ3) is 9.91. The summed E-state index contributed by atoms with van der Waals surface area (Å²) < 4.78 is 0. The molecule has 0 aliphatic heterocycles. The van der Waals surface area contributed by atoms with Gasteiger partial charge in [0.25, 0.3) is 0 Å². The smallest absolute Gasteiger partial charge is 0.545 e. The second kappa shape index (κ2) is 15.3. The maximum absolute atomic E-state index is 9.14. The van der Waals surface area contributed by atoms with Crippen LogP contribution in [0.1, 0.15) is 0 Å². The van der Waals surface area contributed by atoms with Crippen molar-refractivity contribution in [3.63, 3.8) is 0 Å². The fraction of sp³-hybridized carbons (Fsp3) is 0. The van der Waals surface area contributed by atoms with Crippen LogP contribution in [-0.4, -0.2) is 27.4 Å². The van der Waals surface area contributed by atoms with Crippen LogP contribution >= 0.6 is 0 Å². The van der Waals surface area contributed by atoms with Crippen LogP contribution in [0.15, 0.2) is 74.1 Å². The zero-order valence-electron chi connectivity index (χ0n) is 14.5. The third-order valence-corrected chi connectivity index (χ3v) is 2.68. The summed E-state index contributed by atoms with van der Waals surface area (Å²) in [7, 11) is 0. The fourth-order valence-electron chi connectivity index (χ4n) is 1.68. The number of carbonyl (C=O) groups is 2. The van der Waals surface area contributed by atoms with Crippen molar-refractivity contribution in [2.24, 2.45) is 0 Å². The standard InChI is InChI=1S/C12H8N2.2C3H4O2.2H2O.Zn/c1-3-9-5-6-10-4-2-8-14-12(10)11(9)13-7-1;2*1-2-3(4)5;;;/h1-8H;2*2H,1H2,(H,4,5);2*1H2;/q;;;;;+2/p-1. The number of hydrogen-bond acceptors (Lipinski definition) is 6. The minimum atomic E-state index is -1.23. The Kier molecular flexibility index (Phi) is 16.3. The summed E-state index contributed by atoms with van der Waals surface area (Å²) in [6, 6.07) is 12.1. The molecule has 0 aliphatic rings. The molecule has 1 aromatic carbocycles. The SMILES string of the molecule is C=CC(=O)[O-].C=CC(=O)[O-].O.[OH3+].[Zn+2].c1cnc2c(c1)ccc1cccnc12. The van der Waals surface area contributed by atoms with Crippen LogP contribution in [0.3, 0.4) is 0 Å². The number of pyridine rings is 2. The van der Waals surface area contributed by atoms with Gasteiger partial charge in [-0.2, -0.15) is 0 Å². The number of rotatable bonds is 2. The van der Waals surface area contributed by atoms with E-state index in [1.807, 2.05) is 12.1 Å². The van der Waals surface area contributed by atoms with Gasteiger partial charge in [-0.15, -0.1) is 0 Å². The number of aromatic nitrogens is 2. The monoisotopic (exact) mass is 423 g/mol. The van der Waals surface area contributed by atoms with Gasteiger partial charge in [0, 0.05) is 23.2 Å². The Balaban J connectivity index is -0.000000383. The van der Waals surface area contributed by atoms with Gasteiger partial charge in [0.05, 0.1) is 23.0 Å². The number of aliphatic carboxylic acids is 2. The fourth-order valence-corrected chi connectivity index (χ4v) is 1.68. The van der Waals surface area contributed by atoms with E-state index in [-0.39, 0.29) is 30.4 Å². The molecule has 0 amide bonds. The van der Waals surface area contributed by atoms with Gasteiger partial charge < -0.3 is 30.8 Å². The van der Waals surface area contributed by atoms with Crippen LogP contribution in [0.4, 0.5) is 0 Å². The Bertz CT molecular complexity index is 813. The van der Waals surface area contributed by atoms with Gasteiger partial charge in [0.1, 0.15) is 0 Å². The summed E-state index contributed by atoms with van der Waals surface area (Å²) in [6.45, 7) is 5.80. The number of benzene rings is 1. The van der Waals surface area contributed by atoms with Crippen LogP contribution in [0.5, 0.6) is 0 Å². The predicted molar refractivity (Wildman–Crippen MR) is 95.9 cm³/mol. The Labute approximate surface area is 168 Å². The molecule has 0 spiro atoms. The van der Waals surface area contributed by atoms with Gasteiger partial charge in [-0.05, 0) is 24.3 Å². The topological polar surface area (TPSA) is 171 Å². The Hall–Kier alpha value is -3.00. The van der Waals surface area contributed by atoms with E-state index in [9.17, 15) is 0 Å². The summed E-state index contributed by atoms with van der Waals surface area (Å²) in [4.78, 5) is 27.0. The van der Waals surface area contributed by atoms with Crippen LogP contribution in [0, 0.1) is 0 Å². The normalized spacial score (nSPS) is 8.00. The van der Waals surface area contributed by atoms with Crippen molar-refractivity contribution in [2.45, 2.75) is 0 Å². The summed E-state index contributed by atoms with van der Waals surface area (Å²) in [5.74, 6) is -2.46. The number of fused-ring (bicyclic) bond motifs is 3. The van der Waals surface area contributed by atoms with Crippen molar-refractivity contribution in [1.82, 2.24) is 9.97 Å². The second-order valence-corrected chi connectivity index (χ2v) is 4.26. The minimum absolute atomic E-state index is 0. The molecule has 5 N–H and O–H groups in total. The van der Waals surface area contributed by atoms with E-state index >= 15 is 0 Å². The molecular formula is C18H19N2O6Zn+. The quantitative estimate of drug-likeness (QED) is 0.218. The van der Waals surface area contributed by atoms with Crippen molar-refractivity contribution in [3.05, 3.63) is 74.1 Å². The second-order valence-electron chi connectivity index (χ2n) is 4.26. The van der Waals surface area contributed by atoms with E-state index in [0.29, 0.717) is 0 Å². The first-order chi connectivity index (χ1) is 11.5. The van der Waals surface area contributed by atoms with E-state index in [1.165, 1.54) is 0 Å². The van der Waals surface area contributed by atoms with E-state index < -0.39 is 11.9 Å². The van der Waals surface area contributed by atoms with Crippen molar-refractivity contribution >= 4 is 33.7 Å². The van der Waals surface area contributed by atoms with Gasteiger partial charge in [-0.1, -0.05) is 37.4 Å². The van der Waals surface area contributed by atoms with Crippen LogP contribution in [0.2, 0.25) is 0 Å². The molecule has 0 atom stereocenters. The largest absolute Gasteiger partial charge is 2.00 e. The molecule has 0 bridgehead atoms. The van der Waals surface area contributed by atoms with E-state index in [4.69, 9.17) is 19.8 Å². The Morgan fingerprint density at radius 1 is 0.815 bits per heavy atom. The molecule has 138 valence electrons. The molecule has 2 aromatic heterocycles. The first-order valence-corrected chi connectivity index (χ1v) is 6.75. The minimum Gasteiger partial charge on any atom is -0.545 e. The van der Waals surface area contributed by atoms with Gasteiger partial charge in [-0.25, -0.2) is 0 Å². The van der Waals surface area contributed by atoms with E-state index in [1.54, 1.807) is 12.4 Å². The van der Waals surface area contributed by atoms with Gasteiger partial charge in [0.15, 0.2) is 0 Å². The Morgan fingerprint density at radius 3 is 1.37 bits per heavy atom. The molecule has 0 fully saturated rings. The van der Waals surface area contributed by atoms with E-state index in [0.717, 1.165) is 34.0 Å². The van der Waals surface area contributed by atoms with Crippen molar-refractivity contribution in [1.29, 1.82) is 0 Å². The summed E-state index contributed by atoms with van der Waals surface area (Å²) in [5.41, 5.74) is 1.95. The third-order valence-electron chi connectivity index (χ3n) is 2.68. The maximum Gasteiger partial charge on any atom is 2.00 e.